The van der Waals surface area contributed by atoms with E-state index in [1.807, 2.05) is 68.4 Å². The van der Waals surface area contributed by atoms with E-state index < -0.39 is 0 Å². The number of benzene rings is 2. The van der Waals surface area contributed by atoms with Gasteiger partial charge in [-0.1, -0.05) is 55.9 Å². The van der Waals surface area contributed by atoms with Crippen LogP contribution in [-0.4, -0.2) is 11.7 Å². The zero-order chi connectivity index (χ0) is 16.4. The Labute approximate surface area is 140 Å². The van der Waals surface area contributed by atoms with Gasteiger partial charge in [0.1, 0.15) is 0 Å². The number of para-hydroxylation sites is 1. The largest absolute Gasteiger partial charge is 0.288 e. The smallest absolute Gasteiger partial charge is 0.233 e. The number of carbonyl (C=O) groups excluding carboxylic acids is 2. The van der Waals surface area contributed by atoms with Gasteiger partial charge in [-0.25, -0.2) is 0 Å². The van der Waals surface area contributed by atoms with Gasteiger partial charge in [0, 0.05) is 28.3 Å². The van der Waals surface area contributed by atoms with Crippen LogP contribution < -0.4 is 4.90 Å². The Bertz CT molecular complexity index is 781. The van der Waals surface area contributed by atoms with Crippen LogP contribution in [0.15, 0.2) is 70.6 Å². The van der Waals surface area contributed by atoms with E-state index >= 15 is 0 Å². The Kier molecular flexibility index (Phi) is 4.35. The average Bonchev–Trinajstić information content (AvgIpc) is 2.89. The van der Waals surface area contributed by atoms with Crippen molar-refractivity contribution in [3.63, 3.8) is 0 Å². The van der Waals surface area contributed by atoms with Crippen LogP contribution in [0.1, 0.15) is 24.2 Å². The van der Waals surface area contributed by atoms with Crippen molar-refractivity contribution in [3.8, 4) is 0 Å². The SMILES string of the molecule is CC(C)C(=O)N(/C=C1/Sc2ccccc2C1=O)c1ccccc1. The Morgan fingerprint density at radius 2 is 1.70 bits per heavy atom. The zero-order valence-electron chi connectivity index (χ0n) is 13.0. The number of thioether (sulfide) groups is 1. The first-order valence-electron chi connectivity index (χ1n) is 7.49. The van der Waals surface area contributed by atoms with E-state index in [1.54, 1.807) is 11.1 Å². The summed E-state index contributed by atoms with van der Waals surface area (Å²) in [4.78, 5) is 28.2. The topological polar surface area (TPSA) is 37.4 Å². The maximum absolute atomic E-state index is 12.6. The zero-order valence-corrected chi connectivity index (χ0v) is 13.8. The molecule has 2 aromatic rings. The number of ketones is 1. The summed E-state index contributed by atoms with van der Waals surface area (Å²) in [5.74, 6) is -0.216. The van der Waals surface area contributed by atoms with Crippen LogP contribution in [0, 0.1) is 5.92 Å². The summed E-state index contributed by atoms with van der Waals surface area (Å²) in [5, 5.41) is 0. The molecule has 2 aromatic carbocycles. The van der Waals surface area contributed by atoms with Crippen LogP contribution in [0.25, 0.3) is 0 Å². The number of hydrogen-bond acceptors (Lipinski definition) is 3. The molecule has 0 N–H and O–H groups in total. The van der Waals surface area contributed by atoms with Gasteiger partial charge in [0.25, 0.3) is 0 Å². The monoisotopic (exact) mass is 323 g/mol. The van der Waals surface area contributed by atoms with Crippen LogP contribution in [0.4, 0.5) is 5.69 Å². The summed E-state index contributed by atoms with van der Waals surface area (Å²) in [5.41, 5.74) is 1.47. The number of allylic oxidation sites excluding steroid dienone is 1. The van der Waals surface area contributed by atoms with Gasteiger partial charge in [-0.15, -0.1) is 0 Å². The molecule has 1 amide bonds. The molecule has 116 valence electrons. The normalized spacial score (nSPS) is 15.1. The van der Waals surface area contributed by atoms with E-state index in [2.05, 4.69) is 0 Å². The van der Waals surface area contributed by atoms with Gasteiger partial charge in [-0.05, 0) is 24.3 Å². The van der Waals surface area contributed by atoms with Crippen molar-refractivity contribution < 1.29 is 9.59 Å². The number of anilines is 1. The highest BCUT2D eigenvalue weighted by Gasteiger charge is 2.27. The van der Waals surface area contributed by atoms with Crippen molar-refractivity contribution in [3.05, 3.63) is 71.3 Å². The molecule has 0 spiro atoms. The molecule has 3 rings (SSSR count). The van der Waals surface area contributed by atoms with E-state index in [-0.39, 0.29) is 17.6 Å². The predicted octanol–water partition coefficient (Wildman–Crippen LogP) is 4.51. The highest BCUT2D eigenvalue weighted by molar-refractivity contribution is 8.04. The number of rotatable bonds is 3. The molecule has 3 nitrogen and oxygen atoms in total. The number of fused-ring (bicyclic) bond motifs is 1. The first-order valence-corrected chi connectivity index (χ1v) is 8.31. The average molecular weight is 323 g/mol. The fraction of sp³-hybridized carbons (Fsp3) is 0.158. The molecule has 0 saturated carbocycles. The summed E-state index contributed by atoms with van der Waals surface area (Å²) in [7, 11) is 0. The Morgan fingerprint density at radius 3 is 2.35 bits per heavy atom. The molecule has 0 bridgehead atoms. The highest BCUT2D eigenvalue weighted by atomic mass is 32.2. The van der Waals surface area contributed by atoms with E-state index in [4.69, 9.17) is 0 Å². The Hall–Kier alpha value is -2.33. The molecular weight excluding hydrogens is 306 g/mol. The molecule has 4 heteroatoms. The van der Waals surface area contributed by atoms with Crippen molar-refractivity contribution in [1.29, 1.82) is 0 Å². The minimum atomic E-state index is -0.157. The lowest BCUT2D eigenvalue weighted by Gasteiger charge is -2.21. The lowest BCUT2D eigenvalue weighted by molar-refractivity contribution is -0.120. The third kappa shape index (κ3) is 3.08. The molecule has 1 aliphatic rings. The maximum Gasteiger partial charge on any atom is 0.233 e. The Balaban J connectivity index is 2.00. The van der Waals surface area contributed by atoms with Gasteiger partial charge in [0.15, 0.2) is 0 Å². The molecule has 0 atom stereocenters. The number of carbonyl (C=O) groups is 2. The highest BCUT2D eigenvalue weighted by Crippen LogP contribution is 2.40. The van der Waals surface area contributed by atoms with Crippen LogP contribution in [0.5, 0.6) is 0 Å². The number of amides is 1. The summed E-state index contributed by atoms with van der Waals surface area (Å²) in [6.45, 7) is 3.71. The maximum atomic E-state index is 12.6. The second-order valence-corrected chi connectivity index (χ2v) is 6.70. The number of Topliss-reactive ketones (excluding diaryl/α,β-unsaturated/α-hetero) is 1. The molecule has 23 heavy (non-hydrogen) atoms. The first kappa shape index (κ1) is 15.6. The van der Waals surface area contributed by atoms with Crippen molar-refractivity contribution in [2.24, 2.45) is 5.92 Å². The van der Waals surface area contributed by atoms with Crippen molar-refractivity contribution in [1.82, 2.24) is 0 Å². The van der Waals surface area contributed by atoms with E-state index in [9.17, 15) is 9.59 Å². The van der Waals surface area contributed by atoms with Crippen LogP contribution in [-0.2, 0) is 4.79 Å². The van der Waals surface area contributed by atoms with Crippen molar-refractivity contribution >= 4 is 29.1 Å². The minimum Gasteiger partial charge on any atom is -0.288 e. The molecule has 1 aliphatic heterocycles. The standard InChI is InChI=1S/C19H17NO2S/c1-13(2)19(22)20(14-8-4-3-5-9-14)12-17-18(21)15-10-6-7-11-16(15)23-17/h3-13H,1-2H3/b17-12+. The van der Waals surface area contributed by atoms with Crippen molar-refractivity contribution in [2.45, 2.75) is 18.7 Å². The lowest BCUT2D eigenvalue weighted by atomic mass is 10.1. The lowest BCUT2D eigenvalue weighted by Crippen LogP contribution is -2.30. The minimum absolute atomic E-state index is 0.0249. The summed E-state index contributed by atoms with van der Waals surface area (Å²) in [6, 6.07) is 16.9. The third-order valence-corrected chi connectivity index (χ3v) is 4.67. The molecule has 0 radical (unpaired) electrons. The van der Waals surface area contributed by atoms with Crippen LogP contribution in [0.2, 0.25) is 0 Å². The summed E-state index contributed by atoms with van der Waals surface area (Å²) < 4.78 is 0. The van der Waals surface area contributed by atoms with Gasteiger partial charge in [0.05, 0.1) is 4.91 Å². The molecule has 0 saturated heterocycles. The van der Waals surface area contributed by atoms with E-state index in [0.29, 0.717) is 10.5 Å². The van der Waals surface area contributed by atoms with Gasteiger partial charge < -0.3 is 0 Å². The van der Waals surface area contributed by atoms with Crippen LogP contribution >= 0.6 is 11.8 Å². The van der Waals surface area contributed by atoms with Gasteiger partial charge in [-0.3, -0.25) is 14.5 Å². The fourth-order valence-corrected chi connectivity index (χ4v) is 3.39. The fourth-order valence-electron chi connectivity index (χ4n) is 2.38. The quantitative estimate of drug-likeness (QED) is 0.780. The first-order chi connectivity index (χ1) is 11.1. The molecule has 0 aliphatic carbocycles. The molecule has 0 aromatic heterocycles. The molecule has 0 fully saturated rings. The predicted molar refractivity (Wildman–Crippen MR) is 93.5 cm³/mol. The van der Waals surface area contributed by atoms with E-state index in [0.717, 1.165) is 10.6 Å². The number of nitrogens with zero attached hydrogens (tertiary/aromatic N) is 1. The summed E-state index contributed by atoms with van der Waals surface area (Å²) >= 11 is 1.41. The third-order valence-electron chi connectivity index (χ3n) is 3.59. The van der Waals surface area contributed by atoms with Crippen molar-refractivity contribution in [2.75, 3.05) is 4.90 Å². The van der Waals surface area contributed by atoms with Gasteiger partial charge >= 0.3 is 0 Å². The molecule has 0 unspecified atom stereocenters. The Morgan fingerprint density at radius 1 is 1.04 bits per heavy atom. The van der Waals surface area contributed by atoms with Gasteiger partial charge in [-0.2, -0.15) is 0 Å². The number of hydrogen-bond donors (Lipinski definition) is 0. The second-order valence-electron chi connectivity index (χ2n) is 5.62. The van der Waals surface area contributed by atoms with Crippen LogP contribution in [0.3, 0.4) is 0 Å². The van der Waals surface area contributed by atoms with Gasteiger partial charge in [0.2, 0.25) is 11.7 Å². The summed E-state index contributed by atoms with van der Waals surface area (Å²) in [6.07, 6.45) is 1.67. The molecule has 1 heterocycles. The second kappa shape index (κ2) is 6.42. The van der Waals surface area contributed by atoms with E-state index in [1.165, 1.54) is 11.8 Å². The molecular formula is C19H17NO2S.